The Morgan fingerprint density at radius 1 is 1.19 bits per heavy atom. The average molecular weight is 400 g/mol. The summed E-state index contributed by atoms with van der Waals surface area (Å²) in [6.45, 7) is 0.121. The molecule has 27 heavy (non-hydrogen) atoms. The van der Waals surface area contributed by atoms with Crippen LogP contribution in [0.3, 0.4) is 0 Å². The number of anilines is 1. The number of hydrogen-bond acceptors (Lipinski definition) is 5. The first-order chi connectivity index (χ1) is 13.0. The van der Waals surface area contributed by atoms with E-state index in [9.17, 15) is 9.59 Å². The molecule has 7 heteroatoms. The predicted octanol–water partition coefficient (Wildman–Crippen LogP) is 4.60. The lowest BCUT2D eigenvalue weighted by Gasteiger charge is -2.12. The van der Waals surface area contributed by atoms with Crippen molar-refractivity contribution in [2.75, 3.05) is 18.6 Å². The minimum absolute atomic E-state index is 0.121. The number of nitrogens with zero attached hydrogens (tertiary/aromatic N) is 1. The molecule has 2 aromatic rings. The molecule has 5 nitrogen and oxygen atoms in total. The highest BCUT2D eigenvalue weighted by molar-refractivity contribution is 8.19. The van der Waals surface area contributed by atoms with Gasteiger partial charge in [0.1, 0.15) is 6.61 Å². The van der Waals surface area contributed by atoms with Crippen LogP contribution in [0.2, 0.25) is 5.02 Å². The Hall–Kier alpha value is -2.88. The van der Waals surface area contributed by atoms with E-state index >= 15 is 0 Å². The predicted molar refractivity (Wildman–Crippen MR) is 107 cm³/mol. The number of hydrogen-bond donors (Lipinski definition) is 0. The number of ether oxygens (including phenoxy) is 2. The van der Waals surface area contributed by atoms with Gasteiger partial charge in [0.25, 0.3) is 11.1 Å². The number of carbonyl (C=O) groups is 2. The lowest BCUT2D eigenvalue weighted by molar-refractivity contribution is -0.113. The smallest absolute Gasteiger partial charge is 0.298 e. The first kappa shape index (κ1) is 18.9. The highest BCUT2D eigenvalue weighted by Crippen LogP contribution is 2.37. The Bertz CT molecular complexity index is 963. The highest BCUT2D eigenvalue weighted by atomic mass is 35.5. The fourth-order valence-electron chi connectivity index (χ4n) is 2.44. The molecule has 1 heterocycles. The lowest BCUT2D eigenvalue weighted by Crippen LogP contribution is -2.27. The van der Waals surface area contributed by atoms with Gasteiger partial charge in [0.05, 0.1) is 17.7 Å². The molecule has 0 spiro atoms. The zero-order valence-corrected chi connectivity index (χ0v) is 15.8. The van der Waals surface area contributed by atoms with Gasteiger partial charge in [0, 0.05) is 5.02 Å². The highest BCUT2D eigenvalue weighted by Gasteiger charge is 2.36. The van der Waals surface area contributed by atoms with Crippen LogP contribution >= 0.6 is 23.4 Å². The summed E-state index contributed by atoms with van der Waals surface area (Å²) in [6.07, 6.45) is 6.83. The van der Waals surface area contributed by atoms with Crippen LogP contribution in [0.15, 0.2) is 47.4 Å². The van der Waals surface area contributed by atoms with Crippen LogP contribution < -0.4 is 14.4 Å². The van der Waals surface area contributed by atoms with Gasteiger partial charge in [-0.3, -0.25) is 9.59 Å². The standard InChI is InChI=1S/C20H14ClNO4S/c1-3-10-26-16-9-4-13(11-17(16)25-2)12-18-19(23)22(20(24)27-18)15-7-5-14(21)6-8-15/h1,4-9,11-12H,10H2,2H3/b18-12+. The molecule has 1 aliphatic rings. The molecule has 0 unspecified atom stereocenters. The molecule has 0 N–H and O–H groups in total. The van der Waals surface area contributed by atoms with E-state index in [4.69, 9.17) is 27.5 Å². The van der Waals surface area contributed by atoms with Crippen molar-refractivity contribution in [1.29, 1.82) is 0 Å². The average Bonchev–Trinajstić information content (AvgIpc) is 2.94. The second kappa shape index (κ2) is 8.21. The van der Waals surface area contributed by atoms with Gasteiger partial charge < -0.3 is 9.47 Å². The minimum Gasteiger partial charge on any atom is -0.493 e. The number of amides is 2. The normalized spacial score (nSPS) is 15.1. The van der Waals surface area contributed by atoms with E-state index < -0.39 is 0 Å². The molecule has 2 amide bonds. The zero-order valence-electron chi connectivity index (χ0n) is 14.3. The quantitative estimate of drug-likeness (QED) is 0.543. The van der Waals surface area contributed by atoms with Crippen molar-refractivity contribution in [2.24, 2.45) is 0 Å². The van der Waals surface area contributed by atoms with Crippen LogP contribution in [0.25, 0.3) is 6.08 Å². The molecular weight excluding hydrogens is 386 g/mol. The Labute approximate surface area is 165 Å². The Morgan fingerprint density at radius 2 is 1.93 bits per heavy atom. The minimum atomic E-state index is -0.390. The summed E-state index contributed by atoms with van der Waals surface area (Å²) in [6, 6.07) is 11.7. The maximum absolute atomic E-state index is 12.7. The molecule has 0 aromatic heterocycles. The number of rotatable bonds is 5. The molecule has 0 aliphatic carbocycles. The topological polar surface area (TPSA) is 55.8 Å². The van der Waals surface area contributed by atoms with E-state index in [0.29, 0.717) is 32.7 Å². The van der Waals surface area contributed by atoms with Gasteiger partial charge >= 0.3 is 0 Å². The lowest BCUT2D eigenvalue weighted by atomic mass is 10.2. The second-order valence-corrected chi connectivity index (χ2v) is 6.83. The second-order valence-electron chi connectivity index (χ2n) is 5.40. The van der Waals surface area contributed by atoms with Crippen LogP contribution in [-0.2, 0) is 4.79 Å². The third-order valence-corrected chi connectivity index (χ3v) is 4.80. The molecule has 1 fully saturated rings. The number of terminal acetylenes is 1. The summed E-state index contributed by atoms with van der Waals surface area (Å²) in [4.78, 5) is 26.4. The van der Waals surface area contributed by atoms with E-state index in [-0.39, 0.29) is 17.8 Å². The van der Waals surface area contributed by atoms with Gasteiger partial charge in [-0.25, -0.2) is 4.90 Å². The number of thioether (sulfide) groups is 1. The van der Waals surface area contributed by atoms with E-state index in [1.54, 1.807) is 48.5 Å². The molecule has 0 bridgehead atoms. The summed E-state index contributed by atoms with van der Waals surface area (Å²) < 4.78 is 10.7. The van der Waals surface area contributed by atoms with Gasteiger partial charge in [0.2, 0.25) is 0 Å². The number of imide groups is 1. The number of benzene rings is 2. The zero-order chi connectivity index (χ0) is 19.4. The van der Waals surface area contributed by atoms with Gasteiger partial charge in [-0.15, -0.1) is 6.42 Å². The van der Waals surface area contributed by atoms with Crippen molar-refractivity contribution in [2.45, 2.75) is 0 Å². The van der Waals surface area contributed by atoms with Crippen LogP contribution in [0.1, 0.15) is 5.56 Å². The van der Waals surface area contributed by atoms with Crippen LogP contribution in [-0.4, -0.2) is 24.9 Å². The van der Waals surface area contributed by atoms with Gasteiger partial charge in [0.15, 0.2) is 11.5 Å². The number of halogens is 1. The molecule has 0 atom stereocenters. The SMILES string of the molecule is C#CCOc1ccc(/C=C2/SC(=O)N(c3ccc(Cl)cc3)C2=O)cc1OC. The third-order valence-electron chi connectivity index (χ3n) is 3.67. The van der Waals surface area contributed by atoms with Gasteiger partial charge in [-0.1, -0.05) is 23.6 Å². The van der Waals surface area contributed by atoms with Crippen LogP contribution in [0, 0.1) is 12.3 Å². The molecule has 136 valence electrons. The molecule has 1 aliphatic heterocycles. The van der Waals surface area contributed by atoms with E-state index in [2.05, 4.69) is 5.92 Å². The van der Waals surface area contributed by atoms with Crippen molar-refractivity contribution in [1.82, 2.24) is 0 Å². The first-order valence-corrected chi connectivity index (χ1v) is 9.00. The first-order valence-electron chi connectivity index (χ1n) is 7.81. The van der Waals surface area contributed by atoms with Crippen LogP contribution in [0.5, 0.6) is 11.5 Å². The van der Waals surface area contributed by atoms with Gasteiger partial charge in [-0.2, -0.15) is 0 Å². The van der Waals surface area contributed by atoms with Crippen molar-refractivity contribution >= 4 is 46.3 Å². The fraction of sp³-hybridized carbons (Fsp3) is 0.100. The van der Waals surface area contributed by atoms with Crippen LogP contribution in [0.4, 0.5) is 10.5 Å². The van der Waals surface area contributed by atoms with Crippen molar-refractivity contribution < 1.29 is 19.1 Å². The number of carbonyl (C=O) groups excluding carboxylic acids is 2. The maximum atomic E-state index is 12.7. The van der Waals surface area contributed by atoms with E-state index in [1.165, 1.54) is 7.11 Å². The summed E-state index contributed by atoms with van der Waals surface area (Å²) >= 11 is 6.74. The summed E-state index contributed by atoms with van der Waals surface area (Å²) in [5, 5.41) is 0.162. The molecule has 2 aromatic carbocycles. The molecule has 1 saturated heterocycles. The van der Waals surface area contributed by atoms with Crippen molar-refractivity contribution in [3.63, 3.8) is 0 Å². The van der Waals surface area contributed by atoms with E-state index in [1.807, 2.05) is 0 Å². The Morgan fingerprint density at radius 3 is 2.59 bits per heavy atom. The molecular formula is C20H14ClNO4S. The monoisotopic (exact) mass is 399 g/mol. The molecule has 3 rings (SSSR count). The maximum Gasteiger partial charge on any atom is 0.298 e. The Balaban J connectivity index is 1.87. The van der Waals surface area contributed by atoms with Crippen molar-refractivity contribution in [3.8, 4) is 23.8 Å². The van der Waals surface area contributed by atoms with Crippen molar-refractivity contribution in [3.05, 3.63) is 58.0 Å². The molecule has 0 saturated carbocycles. The molecule has 0 radical (unpaired) electrons. The Kier molecular flexibility index (Phi) is 5.75. The number of methoxy groups -OCH3 is 1. The summed E-state index contributed by atoms with van der Waals surface area (Å²) in [5.74, 6) is 2.98. The van der Waals surface area contributed by atoms with Gasteiger partial charge in [-0.05, 0) is 59.8 Å². The van der Waals surface area contributed by atoms with E-state index in [0.717, 1.165) is 16.7 Å². The summed E-state index contributed by atoms with van der Waals surface area (Å²) in [5.41, 5.74) is 1.17. The fourth-order valence-corrected chi connectivity index (χ4v) is 3.41. The summed E-state index contributed by atoms with van der Waals surface area (Å²) in [7, 11) is 1.51. The largest absolute Gasteiger partial charge is 0.493 e. The third kappa shape index (κ3) is 4.11.